The second kappa shape index (κ2) is 7.82. The van der Waals surface area contributed by atoms with Gasteiger partial charge in [0.05, 0.1) is 12.8 Å². The molecule has 4 heteroatoms. The van der Waals surface area contributed by atoms with E-state index in [1.165, 1.54) is 0 Å². The van der Waals surface area contributed by atoms with Crippen molar-refractivity contribution in [3.63, 3.8) is 0 Å². The average molecular weight is 251 g/mol. The van der Waals surface area contributed by atoms with Crippen molar-refractivity contribution < 1.29 is 14.3 Å². The van der Waals surface area contributed by atoms with Crippen LogP contribution in [0.15, 0.2) is 18.5 Å². The highest BCUT2D eigenvalue weighted by molar-refractivity contribution is 5.99. The minimum atomic E-state index is -0.391. The molecule has 1 atom stereocenters. The highest BCUT2D eigenvalue weighted by Crippen LogP contribution is 2.15. The third kappa shape index (κ3) is 4.11. The van der Waals surface area contributed by atoms with Crippen LogP contribution in [0.1, 0.15) is 43.5 Å². The highest BCUT2D eigenvalue weighted by atomic mass is 16.5. The summed E-state index contributed by atoms with van der Waals surface area (Å²) in [4.78, 5) is 16.2. The molecule has 0 aliphatic carbocycles. The maximum absolute atomic E-state index is 12.2. The van der Waals surface area contributed by atoms with Crippen LogP contribution in [-0.2, 0) is 4.74 Å². The summed E-state index contributed by atoms with van der Waals surface area (Å²) < 4.78 is 10.7. The third-order valence-corrected chi connectivity index (χ3v) is 2.60. The van der Waals surface area contributed by atoms with Crippen LogP contribution in [0.4, 0.5) is 0 Å². The van der Waals surface area contributed by atoms with E-state index in [9.17, 15) is 4.79 Å². The maximum atomic E-state index is 12.2. The number of hydrogen-bond donors (Lipinski definition) is 0. The molecular formula is C14H21NO3. The third-order valence-electron chi connectivity index (χ3n) is 2.60. The van der Waals surface area contributed by atoms with Gasteiger partial charge in [0.1, 0.15) is 11.9 Å². The number of ketones is 1. The van der Waals surface area contributed by atoms with Gasteiger partial charge in [-0.25, -0.2) is 0 Å². The van der Waals surface area contributed by atoms with Crippen molar-refractivity contribution in [2.75, 3.05) is 13.7 Å². The van der Waals surface area contributed by atoms with E-state index in [-0.39, 0.29) is 5.78 Å². The van der Waals surface area contributed by atoms with Gasteiger partial charge in [-0.2, -0.15) is 0 Å². The monoisotopic (exact) mass is 251 g/mol. The van der Waals surface area contributed by atoms with Crippen LogP contribution in [0, 0.1) is 0 Å². The van der Waals surface area contributed by atoms with Gasteiger partial charge in [-0.05, 0) is 18.9 Å². The van der Waals surface area contributed by atoms with Gasteiger partial charge < -0.3 is 9.47 Å². The van der Waals surface area contributed by atoms with E-state index in [0.29, 0.717) is 17.9 Å². The Labute approximate surface area is 108 Å². The van der Waals surface area contributed by atoms with Crippen LogP contribution in [0.25, 0.3) is 0 Å². The summed E-state index contributed by atoms with van der Waals surface area (Å²) >= 11 is 0. The number of rotatable bonds is 8. The molecule has 0 saturated carbocycles. The Balaban J connectivity index is 2.78. The van der Waals surface area contributed by atoms with Crippen LogP contribution >= 0.6 is 0 Å². The van der Waals surface area contributed by atoms with Crippen molar-refractivity contribution >= 4 is 5.78 Å². The first-order valence-corrected chi connectivity index (χ1v) is 6.37. The molecule has 0 saturated heterocycles. The summed E-state index contributed by atoms with van der Waals surface area (Å²) in [7, 11) is 1.56. The lowest BCUT2D eigenvalue weighted by atomic mass is 10.0. The molecule has 1 heterocycles. The fourth-order valence-electron chi connectivity index (χ4n) is 1.66. The molecule has 18 heavy (non-hydrogen) atoms. The lowest BCUT2D eigenvalue weighted by Gasteiger charge is -2.13. The van der Waals surface area contributed by atoms with Crippen molar-refractivity contribution in [3.05, 3.63) is 24.0 Å². The van der Waals surface area contributed by atoms with E-state index >= 15 is 0 Å². The lowest BCUT2D eigenvalue weighted by Crippen LogP contribution is -2.23. The minimum absolute atomic E-state index is 0.0335. The Morgan fingerprint density at radius 1 is 1.33 bits per heavy atom. The van der Waals surface area contributed by atoms with Crippen LogP contribution in [-0.4, -0.2) is 30.6 Å². The average Bonchev–Trinajstić information content (AvgIpc) is 2.42. The Bertz CT molecular complexity index is 379. The molecule has 0 spiro atoms. The van der Waals surface area contributed by atoms with Gasteiger partial charge in [0.2, 0.25) is 0 Å². The van der Waals surface area contributed by atoms with Crippen molar-refractivity contribution in [1.82, 2.24) is 4.98 Å². The van der Waals surface area contributed by atoms with Gasteiger partial charge in [-0.1, -0.05) is 20.3 Å². The van der Waals surface area contributed by atoms with E-state index in [4.69, 9.17) is 9.47 Å². The summed E-state index contributed by atoms with van der Waals surface area (Å²) in [5, 5.41) is 0. The van der Waals surface area contributed by atoms with Crippen molar-refractivity contribution in [3.8, 4) is 5.75 Å². The molecule has 0 aromatic carbocycles. The topological polar surface area (TPSA) is 48.4 Å². The molecule has 0 aliphatic rings. The lowest BCUT2D eigenvalue weighted by molar-refractivity contribution is 0.0578. The predicted molar refractivity (Wildman–Crippen MR) is 70.1 cm³/mol. The molecule has 1 unspecified atom stereocenters. The first-order valence-electron chi connectivity index (χ1n) is 6.37. The molecule has 1 aromatic heterocycles. The number of carbonyl (C=O) groups excluding carboxylic acids is 1. The smallest absolute Gasteiger partial charge is 0.193 e. The molecule has 0 amide bonds. The summed E-state index contributed by atoms with van der Waals surface area (Å²) in [5.74, 6) is 0.600. The zero-order valence-corrected chi connectivity index (χ0v) is 11.3. The molecule has 4 nitrogen and oxygen atoms in total. The first-order chi connectivity index (χ1) is 8.72. The first kappa shape index (κ1) is 14.6. The van der Waals surface area contributed by atoms with E-state index in [1.807, 2.05) is 13.8 Å². The van der Waals surface area contributed by atoms with Crippen molar-refractivity contribution in [2.24, 2.45) is 0 Å². The number of nitrogens with zero attached hydrogens (tertiary/aromatic N) is 1. The Hall–Kier alpha value is -1.42. The number of carbonyl (C=O) groups is 1. The molecular weight excluding hydrogens is 230 g/mol. The van der Waals surface area contributed by atoms with Crippen LogP contribution in [0.3, 0.4) is 0 Å². The molecule has 0 bridgehead atoms. The summed E-state index contributed by atoms with van der Waals surface area (Å²) in [6.07, 6.45) is 5.34. The van der Waals surface area contributed by atoms with E-state index in [0.717, 1.165) is 19.3 Å². The fourth-order valence-corrected chi connectivity index (χ4v) is 1.66. The number of methoxy groups -OCH3 is 1. The zero-order chi connectivity index (χ0) is 13.4. The normalized spacial score (nSPS) is 12.2. The number of Topliss-reactive ketones (excluding diaryl/α,β-unsaturated/α-hetero) is 1. The summed E-state index contributed by atoms with van der Waals surface area (Å²) in [5.41, 5.74) is 0.545. The predicted octanol–water partition coefficient (Wildman–Crippen LogP) is 2.87. The van der Waals surface area contributed by atoms with Crippen molar-refractivity contribution in [2.45, 2.75) is 39.2 Å². The van der Waals surface area contributed by atoms with Gasteiger partial charge in [0.25, 0.3) is 0 Å². The maximum Gasteiger partial charge on any atom is 0.193 e. The van der Waals surface area contributed by atoms with Crippen LogP contribution < -0.4 is 4.74 Å². The quantitative estimate of drug-likeness (QED) is 0.667. The SMILES string of the molecule is CCCOc1cncc(C(=O)C(CCC)OC)c1. The van der Waals surface area contributed by atoms with E-state index < -0.39 is 6.10 Å². The van der Waals surface area contributed by atoms with Gasteiger partial charge >= 0.3 is 0 Å². The molecule has 1 rings (SSSR count). The molecule has 0 radical (unpaired) electrons. The van der Waals surface area contributed by atoms with Crippen molar-refractivity contribution in [1.29, 1.82) is 0 Å². The number of hydrogen-bond acceptors (Lipinski definition) is 4. The zero-order valence-electron chi connectivity index (χ0n) is 11.3. The number of aromatic nitrogens is 1. The summed E-state index contributed by atoms with van der Waals surface area (Å²) in [6.45, 7) is 4.69. The van der Waals surface area contributed by atoms with Gasteiger partial charge in [0.15, 0.2) is 5.78 Å². The fraction of sp³-hybridized carbons (Fsp3) is 0.571. The highest BCUT2D eigenvalue weighted by Gasteiger charge is 2.19. The van der Waals surface area contributed by atoms with Crippen LogP contribution in [0.2, 0.25) is 0 Å². The number of ether oxygens (including phenoxy) is 2. The Morgan fingerprint density at radius 3 is 2.72 bits per heavy atom. The van der Waals surface area contributed by atoms with Gasteiger partial charge in [-0.15, -0.1) is 0 Å². The molecule has 100 valence electrons. The second-order valence-corrected chi connectivity index (χ2v) is 4.14. The van der Waals surface area contributed by atoms with E-state index in [1.54, 1.807) is 25.6 Å². The number of pyridine rings is 1. The van der Waals surface area contributed by atoms with Gasteiger partial charge in [0, 0.05) is 18.9 Å². The molecule has 0 fully saturated rings. The molecule has 0 N–H and O–H groups in total. The molecule has 1 aromatic rings. The summed E-state index contributed by atoms with van der Waals surface area (Å²) in [6, 6.07) is 1.73. The molecule has 0 aliphatic heterocycles. The second-order valence-electron chi connectivity index (χ2n) is 4.14. The Kier molecular flexibility index (Phi) is 6.36. The minimum Gasteiger partial charge on any atom is -0.492 e. The largest absolute Gasteiger partial charge is 0.492 e. The van der Waals surface area contributed by atoms with Crippen LogP contribution in [0.5, 0.6) is 5.75 Å². The van der Waals surface area contributed by atoms with E-state index in [2.05, 4.69) is 4.98 Å². The van der Waals surface area contributed by atoms with Gasteiger partial charge in [-0.3, -0.25) is 9.78 Å². The Morgan fingerprint density at radius 2 is 2.11 bits per heavy atom. The standard InChI is InChI=1S/C14H21NO3/c1-4-6-13(17-3)14(16)11-8-12(10-15-9-11)18-7-5-2/h8-10,13H,4-7H2,1-3H3.